The molecule has 0 bridgehead atoms. The van der Waals surface area contributed by atoms with E-state index in [1.165, 1.54) is 10.8 Å². The highest BCUT2D eigenvalue weighted by atomic mass is 16.5. The van der Waals surface area contributed by atoms with Gasteiger partial charge in [0.25, 0.3) is 0 Å². The van der Waals surface area contributed by atoms with Crippen LogP contribution in [-0.4, -0.2) is 0 Å². The average molecular weight is 859 g/mol. The Morgan fingerprint density at radius 3 is 1.48 bits per heavy atom. The maximum Gasteiger partial charge on any atom is 0.159 e. The molecule has 0 spiro atoms. The average Bonchev–Trinajstić information content (AvgIpc) is 3.97. The Labute approximate surface area is 385 Å². The molecule has 13 aromatic rings. The molecule has 14 rings (SSSR count). The van der Waals surface area contributed by atoms with E-state index < -0.39 is 0 Å². The summed E-state index contributed by atoms with van der Waals surface area (Å²) in [7, 11) is 0. The number of hydrogen-bond acceptors (Lipinski definition) is 5. The molecule has 0 aliphatic carbocycles. The van der Waals surface area contributed by atoms with E-state index in [4.69, 9.17) is 13.6 Å². The summed E-state index contributed by atoms with van der Waals surface area (Å²) in [6.07, 6.45) is 0. The molecule has 0 atom stereocenters. The van der Waals surface area contributed by atoms with Gasteiger partial charge in [-0.1, -0.05) is 133 Å². The van der Waals surface area contributed by atoms with Crippen molar-refractivity contribution < 1.29 is 13.6 Å². The second-order valence-electron chi connectivity index (χ2n) is 17.2. The number of fused-ring (bicyclic) bond motifs is 10. The van der Waals surface area contributed by atoms with E-state index >= 15 is 0 Å². The highest BCUT2D eigenvalue weighted by Crippen LogP contribution is 2.52. The molecule has 3 heterocycles. The first kappa shape index (κ1) is 37.3. The van der Waals surface area contributed by atoms with Crippen molar-refractivity contribution in [3.63, 3.8) is 0 Å². The lowest BCUT2D eigenvalue weighted by atomic mass is 9.89. The van der Waals surface area contributed by atoms with Crippen molar-refractivity contribution in [3.05, 3.63) is 231 Å². The molecule has 5 heteroatoms. The molecule has 0 saturated heterocycles. The quantitative estimate of drug-likeness (QED) is 0.149. The van der Waals surface area contributed by atoms with Crippen molar-refractivity contribution in [2.24, 2.45) is 0 Å². The third-order valence-electron chi connectivity index (χ3n) is 13.4. The maximum absolute atomic E-state index is 6.90. The van der Waals surface area contributed by atoms with Gasteiger partial charge in [-0.25, -0.2) is 0 Å². The Morgan fingerprint density at radius 2 is 0.821 bits per heavy atom. The van der Waals surface area contributed by atoms with Gasteiger partial charge < -0.3 is 23.4 Å². The fourth-order valence-electron chi connectivity index (χ4n) is 10.4. The SMILES string of the molecule is c1ccc(N(c2ccc(-c3ccc4cc5c6c(cccc6c4c3)Oc3cc(N(c4ccccc4)c4cccc6c4oc4ccccc46)ccc3-5)cc2)c2cccc3c2oc2ccccc23)cc1. The van der Waals surface area contributed by atoms with Crippen LogP contribution in [0, 0.1) is 0 Å². The Kier molecular flexibility index (Phi) is 8.21. The van der Waals surface area contributed by atoms with Crippen molar-refractivity contribution in [1.29, 1.82) is 0 Å². The summed E-state index contributed by atoms with van der Waals surface area (Å²) < 4.78 is 20.0. The van der Waals surface area contributed by atoms with Gasteiger partial charge in [-0.15, -0.1) is 0 Å². The number of nitrogens with zero attached hydrogens (tertiary/aromatic N) is 2. The summed E-state index contributed by atoms with van der Waals surface area (Å²) >= 11 is 0. The number of anilines is 6. The van der Waals surface area contributed by atoms with Crippen LogP contribution in [0.1, 0.15) is 0 Å². The van der Waals surface area contributed by atoms with Gasteiger partial charge in [0.2, 0.25) is 0 Å². The lowest BCUT2D eigenvalue weighted by Gasteiger charge is -2.28. The van der Waals surface area contributed by atoms with E-state index in [0.717, 1.165) is 123 Å². The molecule has 5 nitrogen and oxygen atoms in total. The van der Waals surface area contributed by atoms with E-state index in [1.54, 1.807) is 0 Å². The number of rotatable bonds is 7. The lowest BCUT2D eigenvalue weighted by Crippen LogP contribution is -2.10. The van der Waals surface area contributed by atoms with Crippen LogP contribution < -0.4 is 14.5 Å². The van der Waals surface area contributed by atoms with Crippen molar-refractivity contribution >= 4 is 99.5 Å². The van der Waals surface area contributed by atoms with Crippen LogP contribution >= 0.6 is 0 Å². The summed E-state index contributed by atoms with van der Waals surface area (Å²) in [4.78, 5) is 4.55. The molecule has 67 heavy (non-hydrogen) atoms. The lowest BCUT2D eigenvalue weighted by molar-refractivity contribution is 0.487. The van der Waals surface area contributed by atoms with Gasteiger partial charge >= 0.3 is 0 Å². The van der Waals surface area contributed by atoms with E-state index in [9.17, 15) is 0 Å². The standard InChI is InChI=1S/C62H38N2O3/c1-3-14-42(15-4-1)63(54-23-11-21-50-46-18-7-9-25-56(46)66-61(50)54)44-32-30-39(31-33-44)40-28-29-41-37-53-48-35-34-45(38-59(48)65-58-27-13-20-49(60(53)58)52(41)36-40)64(43-16-5-2-6-17-43)55-24-12-22-51-47-19-8-10-26-57(47)67-62(51)55/h1-38H. The normalized spacial score (nSPS) is 12.0. The van der Waals surface area contributed by atoms with E-state index in [2.05, 4.69) is 210 Å². The van der Waals surface area contributed by atoms with Gasteiger partial charge in [0, 0.05) is 55.6 Å². The van der Waals surface area contributed by atoms with Crippen LogP contribution in [0.5, 0.6) is 11.5 Å². The Morgan fingerprint density at radius 1 is 0.299 bits per heavy atom. The highest BCUT2D eigenvalue weighted by molar-refractivity contribution is 6.18. The predicted octanol–water partition coefficient (Wildman–Crippen LogP) is 18.2. The van der Waals surface area contributed by atoms with Crippen molar-refractivity contribution in [3.8, 4) is 33.8 Å². The topological polar surface area (TPSA) is 42.0 Å². The Bertz CT molecular complexity index is 4080. The minimum Gasteiger partial charge on any atom is -0.456 e. The second-order valence-corrected chi connectivity index (χ2v) is 17.2. The van der Waals surface area contributed by atoms with Crippen LogP contribution in [0.2, 0.25) is 0 Å². The van der Waals surface area contributed by atoms with E-state index in [-0.39, 0.29) is 0 Å². The number of hydrogen-bond donors (Lipinski definition) is 0. The molecule has 314 valence electrons. The first-order chi connectivity index (χ1) is 33.2. The highest BCUT2D eigenvalue weighted by Gasteiger charge is 2.26. The summed E-state index contributed by atoms with van der Waals surface area (Å²) in [6, 6.07) is 81.2. The molecule has 1 aliphatic rings. The van der Waals surface area contributed by atoms with Crippen LogP contribution in [-0.2, 0) is 0 Å². The van der Waals surface area contributed by atoms with Gasteiger partial charge in [0.15, 0.2) is 11.2 Å². The molecule has 0 saturated carbocycles. The van der Waals surface area contributed by atoms with Gasteiger partial charge in [0.1, 0.15) is 22.7 Å². The number of furan rings is 2. The van der Waals surface area contributed by atoms with Gasteiger partial charge in [-0.3, -0.25) is 0 Å². The minimum atomic E-state index is 0.812. The smallest absolute Gasteiger partial charge is 0.159 e. The van der Waals surface area contributed by atoms with Crippen LogP contribution in [0.4, 0.5) is 34.1 Å². The summed E-state index contributed by atoms with van der Waals surface area (Å²) in [5, 5.41) is 9.03. The summed E-state index contributed by atoms with van der Waals surface area (Å²) in [6.45, 7) is 0. The first-order valence-corrected chi connectivity index (χ1v) is 22.6. The molecule has 11 aromatic carbocycles. The molecule has 1 aliphatic heterocycles. The number of ether oxygens (including phenoxy) is 1. The summed E-state index contributed by atoms with van der Waals surface area (Å²) in [5.74, 6) is 1.66. The predicted molar refractivity (Wildman–Crippen MR) is 276 cm³/mol. The molecule has 0 amide bonds. The zero-order valence-corrected chi connectivity index (χ0v) is 36.1. The molecule has 0 unspecified atom stereocenters. The van der Waals surface area contributed by atoms with Crippen LogP contribution in [0.25, 0.3) is 87.7 Å². The zero-order valence-electron chi connectivity index (χ0n) is 36.1. The van der Waals surface area contributed by atoms with E-state index in [1.807, 2.05) is 30.3 Å². The second kappa shape index (κ2) is 14.7. The van der Waals surface area contributed by atoms with E-state index in [0.29, 0.717) is 0 Å². The van der Waals surface area contributed by atoms with Crippen molar-refractivity contribution in [1.82, 2.24) is 0 Å². The molecular formula is C62H38N2O3. The van der Waals surface area contributed by atoms with Crippen molar-refractivity contribution in [2.45, 2.75) is 0 Å². The van der Waals surface area contributed by atoms with Crippen molar-refractivity contribution in [2.75, 3.05) is 9.80 Å². The van der Waals surface area contributed by atoms with Gasteiger partial charge in [-0.2, -0.15) is 0 Å². The van der Waals surface area contributed by atoms with Crippen LogP contribution in [0.15, 0.2) is 239 Å². The first-order valence-electron chi connectivity index (χ1n) is 22.6. The van der Waals surface area contributed by atoms with Gasteiger partial charge in [-0.05, 0) is 124 Å². The molecular weight excluding hydrogens is 821 g/mol. The monoisotopic (exact) mass is 858 g/mol. The van der Waals surface area contributed by atoms with Crippen LogP contribution in [0.3, 0.4) is 0 Å². The molecule has 0 N–H and O–H groups in total. The number of benzene rings is 11. The largest absolute Gasteiger partial charge is 0.456 e. The van der Waals surface area contributed by atoms with Gasteiger partial charge in [0.05, 0.1) is 17.1 Å². The molecule has 0 fully saturated rings. The third-order valence-corrected chi connectivity index (χ3v) is 13.4. The molecule has 2 aromatic heterocycles. The maximum atomic E-state index is 6.90. The Balaban J connectivity index is 0.848. The number of para-hydroxylation sites is 6. The third kappa shape index (κ3) is 5.88. The molecule has 0 radical (unpaired) electrons. The fraction of sp³-hybridized carbons (Fsp3) is 0. The minimum absolute atomic E-state index is 0.812. The summed E-state index contributed by atoms with van der Waals surface area (Å²) in [5.41, 5.74) is 14.0. The Hall–Kier alpha value is -9.06. The zero-order chi connectivity index (χ0) is 44.0. The fourth-order valence-corrected chi connectivity index (χ4v) is 10.4.